The van der Waals surface area contributed by atoms with Crippen molar-refractivity contribution in [2.24, 2.45) is 0 Å². The van der Waals surface area contributed by atoms with Crippen molar-refractivity contribution in [3.05, 3.63) is 29.6 Å². The van der Waals surface area contributed by atoms with Crippen LogP contribution in [0.25, 0.3) is 0 Å². The van der Waals surface area contributed by atoms with Crippen molar-refractivity contribution in [3.63, 3.8) is 0 Å². The Labute approximate surface area is 118 Å². The number of nitrogens with one attached hydrogen (secondary N) is 1. The van der Waals surface area contributed by atoms with E-state index in [1.54, 1.807) is 6.07 Å². The van der Waals surface area contributed by atoms with Crippen LogP contribution in [0, 0.1) is 17.1 Å². The van der Waals surface area contributed by atoms with Crippen molar-refractivity contribution < 1.29 is 4.39 Å². The van der Waals surface area contributed by atoms with Crippen LogP contribution in [-0.2, 0) is 0 Å². The van der Waals surface area contributed by atoms with E-state index in [4.69, 9.17) is 5.26 Å². The molecule has 0 unspecified atom stereocenters. The summed E-state index contributed by atoms with van der Waals surface area (Å²) in [4.78, 5) is 0. The largest absolute Gasteiger partial charge is 0.384 e. The van der Waals surface area contributed by atoms with E-state index in [1.165, 1.54) is 44.2 Å². The minimum absolute atomic E-state index is 0.0998. The number of rotatable bonds is 4. The molecule has 4 heteroatoms. The molecule has 0 aliphatic heterocycles. The zero-order valence-electron chi connectivity index (χ0n) is 11.2. The summed E-state index contributed by atoms with van der Waals surface area (Å²) >= 11 is 1.92. The molecule has 0 atom stereocenters. The Bertz CT molecular complexity index is 476. The number of benzene rings is 1. The Kier molecular flexibility index (Phi) is 4.71. The van der Waals surface area contributed by atoms with Crippen LogP contribution < -0.4 is 5.32 Å². The van der Waals surface area contributed by atoms with Gasteiger partial charge in [0.1, 0.15) is 11.9 Å². The summed E-state index contributed by atoms with van der Waals surface area (Å²) in [5.41, 5.74) is 0.860. The quantitative estimate of drug-likeness (QED) is 0.897. The third kappa shape index (κ3) is 3.42. The van der Waals surface area contributed by atoms with Crippen molar-refractivity contribution in [1.29, 1.82) is 5.26 Å². The molecule has 1 saturated carbocycles. The number of anilines is 1. The Morgan fingerprint density at radius 3 is 2.68 bits per heavy atom. The highest BCUT2D eigenvalue weighted by Gasteiger charge is 2.30. The highest BCUT2D eigenvalue weighted by atomic mass is 32.2. The van der Waals surface area contributed by atoms with Gasteiger partial charge in [-0.05, 0) is 37.3 Å². The molecule has 0 aromatic heterocycles. The van der Waals surface area contributed by atoms with E-state index in [9.17, 15) is 4.39 Å². The lowest BCUT2D eigenvalue weighted by molar-refractivity contribution is 0.411. The van der Waals surface area contributed by atoms with Crippen LogP contribution >= 0.6 is 11.8 Å². The Balaban J connectivity index is 2.01. The highest BCUT2D eigenvalue weighted by Crippen LogP contribution is 2.38. The van der Waals surface area contributed by atoms with Crippen LogP contribution in [0.4, 0.5) is 10.1 Å². The third-order valence-electron chi connectivity index (χ3n) is 3.90. The second kappa shape index (κ2) is 6.29. The third-order valence-corrected chi connectivity index (χ3v) is 5.32. The van der Waals surface area contributed by atoms with Gasteiger partial charge in [0.2, 0.25) is 0 Å². The van der Waals surface area contributed by atoms with Gasteiger partial charge in [-0.2, -0.15) is 17.0 Å². The van der Waals surface area contributed by atoms with Crippen LogP contribution in [-0.4, -0.2) is 17.5 Å². The van der Waals surface area contributed by atoms with Crippen molar-refractivity contribution in [1.82, 2.24) is 0 Å². The Morgan fingerprint density at radius 2 is 2.11 bits per heavy atom. The van der Waals surface area contributed by atoms with E-state index < -0.39 is 5.82 Å². The molecule has 0 heterocycles. The molecule has 1 aromatic rings. The molecule has 19 heavy (non-hydrogen) atoms. The van der Waals surface area contributed by atoms with Crippen LogP contribution in [0.2, 0.25) is 0 Å². The molecule has 0 amide bonds. The SMILES string of the molecule is CSC1(CNc2ccc(C#N)c(F)c2)CCCCC1. The fourth-order valence-corrected chi connectivity index (χ4v) is 3.54. The van der Waals surface area contributed by atoms with Gasteiger partial charge in [0.25, 0.3) is 0 Å². The van der Waals surface area contributed by atoms with Crippen LogP contribution in [0.15, 0.2) is 18.2 Å². The standard InChI is InChI=1S/C15H19FN2S/c1-19-15(7-3-2-4-8-15)11-18-13-6-5-12(10-17)14(16)9-13/h5-6,9,18H,2-4,7-8,11H2,1H3. The molecule has 1 aromatic carbocycles. The van der Waals surface area contributed by atoms with E-state index in [0.29, 0.717) is 0 Å². The van der Waals surface area contributed by atoms with Gasteiger partial charge in [0, 0.05) is 17.0 Å². The summed E-state index contributed by atoms with van der Waals surface area (Å²) in [7, 11) is 0. The average molecular weight is 278 g/mol. The van der Waals surface area contributed by atoms with Crippen molar-refractivity contribution >= 4 is 17.4 Å². The second-order valence-corrected chi connectivity index (χ2v) is 6.38. The predicted octanol–water partition coefficient (Wildman–Crippen LogP) is 4.18. The van der Waals surface area contributed by atoms with Crippen molar-refractivity contribution in [2.45, 2.75) is 36.9 Å². The number of nitrogens with zero attached hydrogens (tertiary/aromatic N) is 1. The summed E-state index contributed by atoms with van der Waals surface area (Å²) in [6.07, 6.45) is 8.49. The first kappa shape index (κ1) is 14.2. The summed E-state index contributed by atoms with van der Waals surface area (Å²) in [6, 6.07) is 6.56. The lowest BCUT2D eigenvalue weighted by Crippen LogP contribution is -2.35. The van der Waals surface area contributed by atoms with E-state index >= 15 is 0 Å². The van der Waals surface area contributed by atoms with Gasteiger partial charge in [-0.1, -0.05) is 19.3 Å². The van der Waals surface area contributed by atoms with Gasteiger partial charge in [-0.25, -0.2) is 4.39 Å². The van der Waals surface area contributed by atoms with E-state index in [1.807, 2.05) is 17.8 Å². The molecular formula is C15H19FN2S. The fourth-order valence-electron chi connectivity index (χ4n) is 2.63. The van der Waals surface area contributed by atoms with Crippen molar-refractivity contribution in [3.8, 4) is 6.07 Å². The number of hydrogen-bond donors (Lipinski definition) is 1. The lowest BCUT2D eigenvalue weighted by atomic mass is 9.88. The highest BCUT2D eigenvalue weighted by molar-refractivity contribution is 8.00. The molecule has 1 N–H and O–H groups in total. The monoisotopic (exact) mass is 278 g/mol. The van der Waals surface area contributed by atoms with Gasteiger partial charge in [0.05, 0.1) is 5.56 Å². The first-order valence-electron chi connectivity index (χ1n) is 6.68. The zero-order chi connectivity index (χ0) is 13.7. The van der Waals surface area contributed by atoms with Crippen molar-refractivity contribution in [2.75, 3.05) is 18.1 Å². The van der Waals surface area contributed by atoms with E-state index in [0.717, 1.165) is 12.2 Å². The number of thioether (sulfide) groups is 1. The summed E-state index contributed by atoms with van der Waals surface area (Å²) in [5.74, 6) is -0.450. The molecule has 102 valence electrons. The van der Waals surface area contributed by atoms with E-state index in [2.05, 4.69) is 11.6 Å². The maximum absolute atomic E-state index is 13.5. The van der Waals surface area contributed by atoms with E-state index in [-0.39, 0.29) is 10.3 Å². The van der Waals surface area contributed by atoms with Gasteiger partial charge in [0.15, 0.2) is 0 Å². The fraction of sp³-hybridized carbons (Fsp3) is 0.533. The number of nitriles is 1. The molecule has 1 fully saturated rings. The Morgan fingerprint density at radius 1 is 1.37 bits per heavy atom. The summed E-state index contributed by atoms with van der Waals surface area (Å²) < 4.78 is 13.8. The molecule has 0 saturated heterocycles. The zero-order valence-corrected chi connectivity index (χ0v) is 12.0. The average Bonchev–Trinajstić information content (AvgIpc) is 2.46. The molecule has 2 rings (SSSR count). The minimum atomic E-state index is -0.450. The van der Waals surface area contributed by atoms with Gasteiger partial charge < -0.3 is 5.32 Å². The molecule has 0 radical (unpaired) electrons. The minimum Gasteiger partial charge on any atom is -0.384 e. The number of hydrogen-bond acceptors (Lipinski definition) is 3. The summed E-state index contributed by atoms with van der Waals surface area (Å²) in [5, 5.41) is 12.0. The topological polar surface area (TPSA) is 35.8 Å². The van der Waals surface area contributed by atoms with Gasteiger partial charge >= 0.3 is 0 Å². The predicted molar refractivity (Wildman–Crippen MR) is 78.9 cm³/mol. The molecule has 1 aliphatic carbocycles. The Hall–Kier alpha value is -1.21. The first-order valence-corrected chi connectivity index (χ1v) is 7.90. The second-order valence-electron chi connectivity index (χ2n) is 5.11. The normalized spacial score (nSPS) is 17.7. The molecule has 1 aliphatic rings. The smallest absolute Gasteiger partial charge is 0.143 e. The lowest BCUT2D eigenvalue weighted by Gasteiger charge is -2.36. The molecule has 2 nitrogen and oxygen atoms in total. The van der Waals surface area contributed by atoms with Gasteiger partial charge in [-0.15, -0.1) is 0 Å². The maximum atomic E-state index is 13.5. The summed E-state index contributed by atoms with van der Waals surface area (Å²) in [6.45, 7) is 0.861. The maximum Gasteiger partial charge on any atom is 0.143 e. The first-order chi connectivity index (χ1) is 9.19. The van der Waals surface area contributed by atoms with Crippen LogP contribution in [0.3, 0.4) is 0 Å². The molecule has 0 spiro atoms. The van der Waals surface area contributed by atoms with Crippen LogP contribution in [0.1, 0.15) is 37.7 Å². The molecular weight excluding hydrogens is 259 g/mol. The molecule has 0 bridgehead atoms. The van der Waals surface area contributed by atoms with Crippen LogP contribution in [0.5, 0.6) is 0 Å². The van der Waals surface area contributed by atoms with Gasteiger partial charge in [-0.3, -0.25) is 0 Å². The number of halogens is 1.